The number of carbonyl (C=O) groups excluding carboxylic acids is 1. The van der Waals surface area contributed by atoms with Crippen LogP contribution in [0.2, 0.25) is 0 Å². The fraction of sp³-hybridized carbons (Fsp3) is 0.167. The Hall–Kier alpha value is -2.08. The summed E-state index contributed by atoms with van der Waals surface area (Å²) in [6.07, 6.45) is 1.67. The normalized spacial score (nSPS) is 9.00. The van der Waals surface area contributed by atoms with Crippen molar-refractivity contribution in [3.8, 4) is 6.07 Å². The molecule has 0 fully saturated rings. The predicted molar refractivity (Wildman–Crippen MR) is 56.0 cm³/mol. The number of rotatable bonds is 4. The van der Waals surface area contributed by atoms with Crippen molar-refractivity contribution < 1.29 is 9.53 Å². The zero-order valence-corrected chi connectivity index (χ0v) is 8.27. The van der Waals surface area contributed by atoms with Crippen molar-refractivity contribution in [3.05, 3.63) is 48.0 Å². The van der Waals surface area contributed by atoms with Crippen molar-refractivity contribution in [2.24, 2.45) is 0 Å². The molecule has 0 unspecified atom stereocenters. The van der Waals surface area contributed by atoms with E-state index < -0.39 is 5.97 Å². The minimum Gasteiger partial charge on any atom is -0.462 e. The minimum atomic E-state index is -0.440. The second-order valence-corrected chi connectivity index (χ2v) is 2.89. The van der Waals surface area contributed by atoms with Gasteiger partial charge in [-0.3, -0.25) is 0 Å². The van der Waals surface area contributed by atoms with Gasteiger partial charge in [-0.25, -0.2) is 4.79 Å². The number of esters is 1. The second-order valence-electron chi connectivity index (χ2n) is 2.89. The van der Waals surface area contributed by atoms with Crippen molar-refractivity contribution in [1.82, 2.24) is 0 Å². The summed E-state index contributed by atoms with van der Waals surface area (Å²) < 4.78 is 4.83. The molecule has 0 heterocycles. The predicted octanol–water partition coefficient (Wildman–Crippen LogP) is 1.83. The Morgan fingerprint density at radius 3 is 2.93 bits per heavy atom. The Labute approximate surface area is 88.6 Å². The van der Waals surface area contributed by atoms with Gasteiger partial charge < -0.3 is 4.74 Å². The molecule has 1 rings (SSSR count). The van der Waals surface area contributed by atoms with Gasteiger partial charge in [0.25, 0.3) is 0 Å². The Morgan fingerprint density at radius 2 is 2.27 bits per heavy atom. The van der Waals surface area contributed by atoms with Gasteiger partial charge in [0.2, 0.25) is 0 Å². The molecule has 0 radical (unpaired) electrons. The van der Waals surface area contributed by atoms with E-state index in [9.17, 15) is 4.79 Å². The third kappa shape index (κ3) is 3.28. The highest BCUT2D eigenvalue weighted by Crippen LogP contribution is 2.07. The topological polar surface area (TPSA) is 50.1 Å². The molecule has 1 aromatic rings. The average molecular weight is 201 g/mol. The minimum absolute atomic E-state index is 0.267. The molecule has 0 aliphatic rings. The van der Waals surface area contributed by atoms with E-state index in [2.05, 4.69) is 12.6 Å². The Kier molecular flexibility index (Phi) is 4.11. The summed E-state index contributed by atoms with van der Waals surface area (Å²) in [5.41, 5.74) is 1.50. The van der Waals surface area contributed by atoms with Crippen LogP contribution in [0.1, 0.15) is 11.1 Å². The van der Waals surface area contributed by atoms with Crippen LogP contribution in [0.3, 0.4) is 0 Å². The lowest BCUT2D eigenvalue weighted by Gasteiger charge is -2.03. The maximum absolute atomic E-state index is 10.8. The maximum atomic E-state index is 10.8. The maximum Gasteiger partial charge on any atom is 0.330 e. The number of ether oxygens (including phenoxy) is 1. The van der Waals surface area contributed by atoms with Crippen LogP contribution in [0.25, 0.3) is 0 Å². The zero-order chi connectivity index (χ0) is 11.1. The van der Waals surface area contributed by atoms with Crippen LogP contribution in [-0.2, 0) is 16.0 Å². The summed E-state index contributed by atoms with van der Waals surface area (Å²) in [5.74, 6) is -0.440. The molecule has 76 valence electrons. The van der Waals surface area contributed by atoms with Gasteiger partial charge in [0.05, 0.1) is 18.2 Å². The number of hydrogen-bond acceptors (Lipinski definition) is 3. The highest BCUT2D eigenvalue weighted by molar-refractivity contribution is 5.81. The molecule has 0 atom stereocenters. The summed E-state index contributed by atoms with van der Waals surface area (Å²) in [6.45, 7) is 3.56. The molecule has 0 N–H and O–H groups in total. The first-order chi connectivity index (χ1) is 7.27. The summed E-state index contributed by atoms with van der Waals surface area (Å²) in [6, 6.07) is 9.33. The van der Waals surface area contributed by atoms with Crippen molar-refractivity contribution >= 4 is 5.97 Å². The number of carbonyl (C=O) groups is 1. The molecule has 0 saturated carbocycles. The largest absolute Gasteiger partial charge is 0.462 e. The third-order valence-electron chi connectivity index (χ3n) is 1.92. The first-order valence-electron chi connectivity index (χ1n) is 4.55. The third-order valence-corrected chi connectivity index (χ3v) is 1.92. The molecular formula is C12H11NO2. The van der Waals surface area contributed by atoms with Gasteiger partial charge >= 0.3 is 5.97 Å². The summed E-state index contributed by atoms with van der Waals surface area (Å²) in [4.78, 5) is 10.8. The van der Waals surface area contributed by atoms with E-state index in [0.717, 1.165) is 11.6 Å². The van der Waals surface area contributed by atoms with Gasteiger partial charge in [0.1, 0.15) is 0 Å². The summed E-state index contributed by atoms with van der Waals surface area (Å²) in [5, 5.41) is 8.80. The number of benzene rings is 1. The van der Waals surface area contributed by atoms with E-state index in [1.807, 2.05) is 12.1 Å². The molecule has 0 spiro atoms. The van der Waals surface area contributed by atoms with Crippen molar-refractivity contribution in [3.63, 3.8) is 0 Å². The molecule has 15 heavy (non-hydrogen) atoms. The van der Waals surface area contributed by atoms with E-state index in [1.54, 1.807) is 12.1 Å². The highest BCUT2D eigenvalue weighted by Gasteiger charge is 2.01. The average Bonchev–Trinajstić information content (AvgIpc) is 2.29. The van der Waals surface area contributed by atoms with Gasteiger partial charge in [0.15, 0.2) is 0 Å². The summed E-state index contributed by atoms with van der Waals surface area (Å²) >= 11 is 0. The summed E-state index contributed by atoms with van der Waals surface area (Å²) in [7, 11) is 0. The standard InChI is InChI=1S/C12H11NO2/c1-2-12(14)15-8-7-10-5-3-4-6-11(10)9-13/h2-6H,1,7-8H2. The number of nitrogens with zero attached hydrogens (tertiary/aromatic N) is 1. The fourth-order valence-corrected chi connectivity index (χ4v) is 1.17. The smallest absolute Gasteiger partial charge is 0.330 e. The SMILES string of the molecule is C=CC(=O)OCCc1ccccc1C#N. The van der Waals surface area contributed by atoms with Gasteiger partial charge in [-0.15, -0.1) is 0 Å². The first kappa shape index (κ1) is 11.0. The van der Waals surface area contributed by atoms with E-state index in [1.165, 1.54) is 0 Å². The van der Waals surface area contributed by atoms with E-state index in [4.69, 9.17) is 10.00 Å². The zero-order valence-electron chi connectivity index (χ0n) is 8.27. The Balaban J connectivity index is 2.54. The lowest BCUT2D eigenvalue weighted by Crippen LogP contribution is -2.05. The van der Waals surface area contributed by atoms with Crippen LogP contribution in [0.5, 0.6) is 0 Å². The first-order valence-corrected chi connectivity index (χ1v) is 4.55. The van der Waals surface area contributed by atoms with Crippen LogP contribution in [0, 0.1) is 11.3 Å². The molecule has 1 aromatic carbocycles. The molecule has 0 aromatic heterocycles. The molecule has 0 amide bonds. The van der Waals surface area contributed by atoms with Crippen LogP contribution in [-0.4, -0.2) is 12.6 Å². The van der Waals surface area contributed by atoms with Gasteiger partial charge in [-0.1, -0.05) is 24.8 Å². The lowest BCUT2D eigenvalue weighted by atomic mass is 10.1. The lowest BCUT2D eigenvalue weighted by molar-refractivity contribution is -0.137. The van der Waals surface area contributed by atoms with Crippen LogP contribution < -0.4 is 0 Å². The molecule has 3 heteroatoms. The van der Waals surface area contributed by atoms with Gasteiger partial charge in [-0.05, 0) is 11.6 Å². The van der Waals surface area contributed by atoms with Crippen LogP contribution in [0.15, 0.2) is 36.9 Å². The molecule has 3 nitrogen and oxygen atoms in total. The molecule has 0 aliphatic heterocycles. The van der Waals surface area contributed by atoms with Crippen molar-refractivity contribution in [1.29, 1.82) is 5.26 Å². The molecular weight excluding hydrogens is 190 g/mol. The van der Waals surface area contributed by atoms with Gasteiger partial charge in [0, 0.05) is 12.5 Å². The van der Waals surface area contributed by atoms with E-state index in [-0.39, 0.29) is 6.61 Å². The highest BCUT2D eigenvalue weighted by atomic mass is 16.5. The number of nitriles is 1. The van der Waals surface area contributed by atoms with Gasteiger partial charge in [-0.2, -0.15) is 5.26 Å². The Morgan fingerprint density at radius 1 is 1.53 bits per heavy atom. The Bertz CT molecular complexity index is 404. The fourth-order valence-electron chi connectivity index (χ4n) is 1.17. The van der Waals surface area contributed by atoms with Crippen LogP contribution >= 0.6 is 0 Å². The van der Waals surface area contributed by atoms with E-state index in [0.29, 0.717) is 12.0 Å². The second kappa shape index (κ2) is 5.61. The van der Waals surface area contributed by atoms with Crippen LogP contribution in [0.4, 0.5) is 0 Å². The van der Waals surface area contributed by atoms with Crippen molar-refractivity contribution in [2.45, 2.75) is 6.42 Å². The van der Waals surface area contributed by atoms with E-state index >= 15 is 0 Å². The molecule has 0 aliphatic carbocycles. The van der Waals surface area contributed by atoms with Crippen molar-refractivity contribution in [2.75, 3.05) is 6.61 Å². The monoisotopic (exact) mass is 201 g/mol. The molecule has 0 saturated heterocycles. The molecule has 0 bridgehead atoms. The quantitative estimate of drug-likeness (QED) is 0.551. The number of hydrogen-bond donors (Lipinski definition) is 0.